The predicted molar refractivity (Wildman–Crippen MR) is 188 cm³/mol. The van der Waals surface area contributed by atoms with E-state index in [1.54, 1.807) is 0 Å². The Morgan fingerprint density at radius 2 is 1.47 bits per heavy atom. The molecule has 0 N–H and O–H groups in total. The lowest BCUT2D eigenvalue weighted by molar-refractivity contribution is 0.583. The first-order valence-corrected chi connectivity index (χ1v) is 15.9. The number of hydrogen-bond donors (Lipinski definition) is 0. The zero-order chi connectivity index (χ0) is 30.4. The van der Waals surface area contributed by atoms with Crippen LogP contribution >= 0.6 is 0 Å². The minimum atomic E-state index is -0.264. The Kier molecular flexibility index (Phi) is 6.68. The maximum Gasteiger partial charge on any atom is 0.234 e. The topological polar surface area (TPSA) is 30.7 Å². The van der Waals surface area contributed by atoms with Crippen LogP contribution in [0.15, 0.2) is 146 Å². The number of hydrogen-bond acceptors (Lipinski definition) is 2. The highest BCUT2D eigenvalue weighted by Gasteiger charge is 2.30. The number of benzene rings is 4. The predicted octanol–water partition coefficient (Wildman–Crippen LogP) is 10.5. The van der Waals surface area contributed by atoms with Gasteiger partial charge in [-0.25, -0.2) is 9.97 Å². The molecule has 0 amide bonds. The molecular formula is C42H35N3. The Balaban J connectivity index is 1.16. The van der Waals surface area contributed by atoms with E-state index in [4.69, 9.17) is 9.97 Å². The van der Waals surface area contributed by atoms with Gasteiger partial charge in [0.2, 0.25) is 5.95 Å². The standard InChI is InChI=1S/C42H35N3/c1-29-11-6-7-15-35(29)32-20-18-31(19-21-32)34-14-10-25-42(2,28-34)40-24-26-43-41(44-40)45-38-17-9-8-16-36(38)37-23-22-33(27-39(37)45)30-12-4-3-5-13-30/h3-10,12-27,29H,11,28H2,1-2H3. The average molecular weight is 582 g/mol. The van der Waals surface area contributed by atoms with Gasteiger partial charge in [-0.15, -0.1) is 0 Å². The second kappa shape index (κ2) is 11.0. The van der Waals surface area contributed by atoms with Crippen LogP contribution in [0.3, 0.4) is 0 Å². The minimum Gasteiger partial charge on any atom is -0.278 e. The van der Waals surface area contributed by atoms with E-state index in [9.17, 15) is 0 Å². The summed E-state index contributed by atoms with van der Waals surface area (Å²) in [5.74, 6) is 1.25. The third-order valence-corrected chi connectivity index (χ3v) is 9.55. The van der Waals surface area contributed by atoms with Gasteiger partial charge in [-0.2, -0.15) is 0 Å². The molecule has 2 atom stereocenters. The summed E-state index contributed by atoms with van der Waals surface area (Å²) in [5.41, 5.74) is 10.7. The van der Waals surface area contributed by atoms with E-state index in [0.29, 0.717) is 11.9 Å². The van der Waals surface area contributed by atoms with Gasteiger partial charge in [0, 0.05) is 22.4 Å². The van der Waals surface area contributed by atoms with E-state index < -0.39 is 0 Å². The average Bonchev–Trinajstić information content (AvgIpc) is 3.43. The molecule has 45 heavy (non-hydrogen) atoms. The molecule has 2 aromatic heterocycles. The summed E-state index contributed by atoms with van der Waals surface area (Å²) in [6.45, 7) is 4.60. The van der Waals surface area contributed by atoms with Gasteiger partial charge in [0.25, 0.3) is 0 Å². The Hall–Kier alpha value is -5.28. The highest BCUT2D eigenvalue weighted by Crippen LogP contribution is 2.40. The van der Waals surface area contributed by atoms with Crippen molar-refractivity contribution in [1.29, 1.82) is 0 Å². The first kappa shape index (κ1) is 27.3. The molecule has 0 saturated heterocycles. The maximum atomic E-state index is 5.28. The Bertz CT molecular complexity index is 2180. The van der Waals surface area contributed by atoms with Crippen LogP contribution < -0.4 is 0 Å². The third kappa shape index (κ3) is 4.85. The van der Waals surface area contributed by atoms with Crippen molar-refractivity contribution in [2.45, 2.75) is 32.1 Å². The van der Waals surface area contributed by atoms with Crippen molar-refractivity contribution in [3.05, 3.63) is 163 Å². The lowest BCUT2D eigenvalue weighted by Crippen LogP contribution is -2.24. The molecule has 2 aliphatic rings. The summed E-state index contributed by atoms with van der Waals surface area (Å²) < 4.78 is 2.22. The zero-order valence-corrected chi connectivity index (χ0v) is 25.7. The van der Waals surface area contributed by atoms with Crippen molar-refractivity contribution >= 4 is 33.0 Å². The number of fused-ring (bicyclic) bond motifs is 3. The van der Waals surface area contributed by atoms with Crippen LogP contribution in [-0.2, 0) is 5.41 Å². The van der Waals surface area contributed by atoms with Crippen LogP contribution in [0.1, 0.15) is 43.5 Å². The minimum absolute atomic E-state index is 0.264. The third-order valence-electron chi connectivity index (χ3n) is 9.55. The Morgan fingerprint density at radius 3 is 2.31 bits per heavy atom. The molecule has 0 radical (unpaired) electrons. The highest BCUT2D eigenvalue weighted by molar-refractivity contribution is 6.10. The molecule has 218 valence electrons. The molecule has 2 aliphatic carbocycles. The van der Waals surface area contributed by atoms with Crippen LogP contribution in [-0.4, -0.2) is 14.5 Å². The summed E-state index contributed by atoms with van der Waals surface area (Å²) in [5, 5.41) is 2.40. The Morgan fingerprint density at radius 1 is 0.711 bits per heavy atom. The monoisotopic (exact) mass is 581 g/mol. The van der Waals surface area contributed by atoms with E-state index >= 15 is 0 Å². The molecule has 2 heterocycles. The van der Waals surface area contributed by atoms with Gasteiger partial charge in [0.05, 0.1) is 16.7 Å². The van der Waals surface area contributed by atoms with Gasteiger partial charge in [0.15, 0.2) is 0 Å². The summed E-state index contributed by atoms with van der Waals surface area (Å²) in [6, 6.07) is 37.0. The molecule has 0 spiro atoms. The molecule has 8 rings (SSSR count). The quantitative estimate of drug-likeness (QED) is 0.203. The van der Waals surface area contributed by atoms with Crippen LogP contribution in [0.4, 0.5) is 0 Å². The fraction of sp³-hybridized carbons (Fsp3) is 0.143. The van der Waals surface area contributed by atoms with Crippen molar-refractivity contribution in [3.63, 3.8) is 0 Å². The van der Waals surface area contributed by atoms with Gasteiger partial charge in [0.1, 0.15) is 0 Å². The van der Waals surface area contributed by atoms with E-state index in [1.807, 2.05) is 6.20 Å². The summed E-state index contributed by atoms with van der Waals surface area (Å²) in [6.07, 6.45) is 17.3. The smallest absolute Gasteiger partial charge is 0.234 e. The molecule has 6 aromatic rings. The van der Waals surface area contributed by atoms with Crippen molar-refractivity contribution in [2.24, 2.45) is 5.92 Å². The molecule has 2 unspecified atom stereocenters. The van der Waals surface area contributed by atoms with Crippen molar-refractivity contribution in [3.8, 4) is 17.1 Å². The van der Waals surface area contributed by atoms with Crippen molar-refractivity contribution in [1.82, 2.24) is 14.5 Å². The number of nitrogens with zero attached hydrogens (tertiary/aromatic N) is 3. The summed E-state index contributed by atoms with van der Waals surface area (Å²) >= 11 is 0. The SMILES string of the molecule is CC1CC=CC=C1c1ccc(C2=CC=CC(C)(c3ccnc(-n4c5ccccc5c5ccc(-c6ccccc6)cc54)n3)C2)cc1. The lowest BCUT2D eigenvalue weighted by Gasteiger charge is -2.30. The van der Waals surface area contributed by atoms with Crippen LogP contribution in [0, 0.1) is 5.92 Å². The molecular weight excluding hydrogens is 546 g/mol. The summed E-state index contributed by atoms with van der Waals surface area (Å²) in [4.78, 5) is 10.1. The first-order valence-electron chi connectivity index (χ1n) is 15.9. The van der Waals surface area contributed by atoms with Crippen LogP contribution in [0.25, 0.3) is 50.0 Å². The first-order chi connectivity index (χ1) is 22.1. The molecule has 3 nitrogen and oxygen atoms in total. The number of rotatable bonds is 5. The molecule has 0 fully saturated rings. The molecule has 0 aliphatic heterocycles. The van der Waals surface area contributed by atoms with E-state index in [1.165, 1.54) is 44.2 Å². The van der Waals surface area contributed by atoms with Gasteiger partial charge in [-0.3, -0.25) is 4.57 Å². The normalized spacial score (nSPS) is 19.6. The largest absolute Gasteiger partial charge is 0.278 e. The summed E-state index contributed by atoms with van der Waals surface area (Å²) in [7, 11) is 0. The van der Waals surface area contributed by atoms with Gasteiger partial charge < -0.3 is 0 Å². The number of para-hydroxylation sites is 1. The molecule has 0 bridgehead atoms. The Labute approximate surface area is 264 Å². The van der Waals surface area contributed by atoms with E-state index in [-0.39, 0.29) is 5.41 Å². The van der Waals surface area contributed by atoms with Crippen molar-refractivity contribution < 1.29 is 0 Å². The molecule has 3 heteroatoms. The molecule has 0 saturated carbocycles. The van der Waals surface area contributed by atoms with Crippen LogP contribution in [0.2, 0.25) is 0 Å². The number of allylic oxidation sites excluding steroid dienone is 8. The van der Waals surface area contributed by atoms with Gasteiger partial charge in [-0.1, -0.05) is 135 Å². The van der Waals surface area contributed by atoms with Crippen LogP contribution in [0.5, 0.6) is 0 Å². The zero-order valence-electron chi connectivity index (χ0n) is 25.7. The lowest BCUT2D eigenvalue weighted by atomic mass is 9.75. The van der Waals surface area contributed by atoms with E-state index in [2.05, 4.69) is 158 Å². The fourth-order valence-electron chi connectivity index (χ4n) is 7.04. The van der Waals surface area contributed by atoms with E-state index in [0.717, 1.165) is 29.6 Å². The van der Waals surface area contributed by atoms with Gasteiger partial charge >= 0.3 is 0 Å². The second-order valence-corrected chi connectivity index (χ2v) is 12.6. The second-order valence-electron chi connectivity index (χ2n) is 12.6. The van der Waals surface area contributed by atoms with Crippen molar-refractivity contribution in [2.75, 3.05) is 0 Å². The fourth-order valence-corrected chi connectivity index (χ4v) is 7.04. The van der Waals surface area contributed by atoms with Gasteiger partial charge in [-0.05, 0) is 70.4 Å². The molecule has 4 aromatic carbocycles. The number of aromatic nitrogens is 3. The maximum absolute atomic E-state index is 5.28. The highest BCUT2D eigenvalue weighted by atomic mass is 15.2.